The van der Waals surface area contributed by atoms with Crippen LogP contribution >= 0.6 is 0 Å². The Bertz CT molecular complexity index is 1390. The number of aromatic nitrogens is 5. The molecule has 4 rings (SSSR count). The third kappa shape index (κ3) is 5.69. The molecule has 1 saturated heterocycles. The standard InChI is InChI=1S/C24H35N7O5S/c1-5-7-13-36-24-18(15-17(16-25-24)37(33,34)30-10-8-29(3)9-11-30)22-26-20-19(6-2)31(12-14-35-4)28-21(20)23(32)27-22/h15-16H,5-14H2,1-4H3,(H,26,27,32). The van der Waals surface area contributed by atoms with E-state index in [1.807, 2.05) is 20.9 Å². The first-order valence-electron chi connectivity index (χ1n) is 12.6. The second kappa shape index (κ2) is 11.7. The molecule has 13 heteroatoms. The Morgan fingerprint density at radius 1 is 1.11 bits per heavy atom. The van der Waals surface area contributed by atoms with Crippen LogP contribution in [0.4, 0.5) is 0 Å². The van der Waals surface area contributed by atoms with Crippen molar-refractivity contribution in [1.82, 2.24) is 33.9 Å². The van der Waals surface area contributed by atoms with Crippen LogP contribution in [0.25, 0.3) is 22.4 Å². The van der Waals surface area contributed by atoms with Gasteiger partial charge in [-0.2, -0.15) is 9.40 Å². The zero-order valence-electron chi connectivity index (χ0n) is 21.9. The lowest BCUT2D eigenvalue weighted by Gasteiger charge is -2.31. The van der Waals surface area contributed by atoms with Gasteiger partial charge in [-0.3, -0.25) is 9.48 Å². The monoisotopic (exact) mass is 533 g/mol. The van der Waals surface area contributed by atoms with Crippen LogP contribution in [0.2, 0.25) is 0 Å². The van der Waals surface area contributed by atoms with Crippen molar-refractivity contribution in [3.63, 3.8) is 0 Å². The molecule has 12 nitrogen and oxygen atoms in total. The molecule has 1 aliphatic rings. The Labute approximate surface area is 216 Å². The molecule has 3 aromatic rings. The van der Waals surface area contributed by atoms with Crippen molar-refractivity contribution in [2.24, 2.45) is 0 Å². The number of hydrogen-bond donors (Lipinski definition) is 1. The lowest BCUT2D eigenvalue weighted by atomic mass is 10.2. The summed E-state index contributed by atoms with van der Waals surface area (Å²) in [5.74, 6) is 0.408. The minimum Gasteiger partial charge on any atom is -0.477 e. The first-order valence-corrected chi connectivity index (χ1v) is 14.0. The Hall–Kier alpha value is -2.87. The first kappa shape index (κ1) is 27.2. The van der Waals surface area contributed by atoms with E-state index in [1.165, 1.54) is 16.6 Å². The predicted molar refractivity (Wildman–Crippen MR) is 139 cm³/mol. The number of nitrogens with zero attached hydrogens (tertiary/aromatic N) is 6. The van der Waals surface area contributed by atoms with Crippen LogP contribution in [0, 0.1) is 0 Å². The Morgan fingerprint density at radius 3 is 2.54 bits per heavy atom. The number of pyridine rings is 1. The molecule has 37 heavy (non-hydrogen) atoms. The molecule has 1 fully saturated rings. The van der Waals surface area contributed by atoms with E-state index in [9.17, 15) is 13.2 Å². The number of nitrogens with one attached hydrogen (secondary N) is 1. The van der Waals surface area contributed by atoms with E-state index in [0.29, 0.717) is 63.4 Å². The van der Waals surface area contributed by atoms with Gasteiger partial charge in [0.15, 0.2) is 5.52 Å². The molecule has 0 spiro atoms. The third-order valence-corrected chi connectivity index (χ3v) is 8.32. The number of hydrogen-bond acceptors (Lipinski definition) is 9. The fourth-order valence-corrected chi connectivity index (χ4v) is 5.65. The molecule has 0 amide bonds. The van der Waals surface area contributed by atoms with Crippen molar-refractivity contribution >= 4 is 21.1 Å². The third-order valence-electron chi connectivity index (χ3n) is 6.46. The molecule has 0 aliphatic carbocycles. The number of ether oxygens (including phenoxy) is 2. The number of aryl methyl sites for hydroxylation is 1. The molecule has 0 atom stereocenters. The molecule has 0 saturated carbocycles. The predicted octanol–water partition coefficient (Wildman–Crippen LogP) is 1.51. The number of methoxy groups -OCH3 is 1. The zero-order valence-corrected chi connectivity index (χ0v) is 22.7. The molecule has 0 bridgehead atoms. The van der Waals surface area contributed by atoms with E-state index in [2.05, 4.69) is 20.0 Å². The van der Waals surface area contributed by atoms with Gasteiger partial charge in [-0.15, -0.1) is 0 Å². The molecule has 202 valence electrons. The fourth-order valence-electron chi connectivity index (χ4n) is 4.25. The van der Waals surface area contributed by atoms with Crippen molar-refractivity contribution in [2.45, 2.75) is 44.6 Å². The first-order chi connectivity index (χ1) is 17.8. The Morgan fingerprint density at radius 2 is 1.86 bits per heavy atom. The largest absolute Gasteiger partial charge is 0.477 e. The quantitative estimate of drug-likeness (QED) is 0.364. The number of fused-ring (bicyclic) bond motifs is 1. The van der Waals surface area contributed by atoms with Gasteiger partial charge in [0.05, 0.1) is 37.2 Å². The summed E-state index contributed by atoms with van der Waals surface area (Å²) in [6.07, 6.45) is 3.64. The molecule has 4 heterocycles. The summed E-state index contributed by atoms with van der Waals surface area (Å²) < 4.78 is 41.1. The van der Waals surface area contributed by atoms with Crippen LogP contribution in [0.1, 0.15) is 32.4 Å². The smallest absolute Gasteiger partial charge is 0.279 e. The molecular weight excluding hydrogens is 498 g/mol. The second-order valence-corrected chi connectivity index (χ2v) is 11.0. The van der Waals surface area contributed by atoms with Crippen molar-refractivity contribution in [3.8, 4) is 17.3 Å². The van der Waals surface area contributed by atoms with Gasteiger partial charge >= 0.3 is 0 Å². The minimum atomic E-state index is -3.79. The lowest BCUT2D eigenvalue weighted by molar-refractivity contribution is 0.183. The number of likely N-dealkylation sites (N-methyl/N-ethyl adjacent to an activating group) is 1. The van der Waals surface area contributed by atoms with Gasteiger partial charge in [0, 0.05) is 33.3 Å². The summed E-state index contributed by atoms with van der Waals surface area (Å²) in [6.45, 7) is 7.42. The fraction of sp³-hybridized carbons (Fsp3) is 0.583. The normalized spacial score (nSPS) is 15.5. The zero-order chi connectivity index (χ0) is 26.6. The van der Waals surface area contributed by atoms with Crippen molar-refractivity contribution < 1.29 is 17.9 Å². The van der Waals surface area contributed by atoms with Gasteiger partial charge in [0.25, 0.3) is 5.56 Å². The van der Waals surface area contributed by atoms with Crippen LogP contribution in [0.5, 0.6) is 5.88 Å². The van der Waals surface area contributed by atoms with Crippen molar-refractivity contribution in [3.05, 3.63) is 28.3 Å². The minimum absolute atomic E-state index is 0.0316. The van der Waals surface area contributed by atoms with Crippen LogP contribution < -0.4 is 10.3 Å². The second-order valence-electron chi connectivity index (χ2n) is 9.06. The number of H-pyrrole nitrogens is 1. The summed E-state index contributed by atoms with van der Waals surface area (Å²) >= 11 is 0. The van der Waals surface area contributed by atoms with E-state index in [1.54, 1.807) is 11.8 Å². The SMILES string of the molecule is CCCCOc1ncc(S(=O)(=O)N2CCN(C)CC2)cc1-c1nc2c(CC)n(CCOC)nc2c(=O)[nH]1. The number of aromatic amines is 1. The highest BCUT2D eigenvalue weighted by molar-refractivity contribution is 7.89. The van der Waals surface area contributed by atoms with Crippen molar-refractivity contribution in [2.75, 3.05) is 53.6 Å². The van der Waals surface area contributed by atoms with E-state index >= 15 is 0 Å². The van der Waals surface area contributed by atoms with E-state index in [0.717, 1.165) is 18.5 Å². The number of sulfonamides is 1. The number of piperazine rings is 1. The van der Waals surface area contributed by atoms with Gasteiger partial charge < -0.3 is 19.4 Å². The Balaban J connectivity index is 1.82. The lowest BCUT2D eigenvalue weighted by Crippen LogP contribution is -2.47. The van der Waals surface area contributed by atoms with Crippen LogP contribution in [0.15, 0.2) is 22.0 Å². The van der Waals surface area contributed by atoms with Gasteiger partial charge in [-0.05, 0) is 26.0 Å². The molecule has 0 unspecified atom stereocenters. The molecule has 0 radical (unpaired) electrons. The number of rotatable bonds is 11. The highest BCUT2D eigenvalue weighted by Crippen LogP contribution is 2.30. The Kier molecular flexibility index (Phi) is 8.57. The van der Waals surface area contributed by atoms with Gasteiger partial charge in [0.1, 0.15) is 16.2 Å². The summed E-state index contributed by atoms with van der Waals surface area (Å²) in [7, 11) is -0.221. The summed E-state index contributed by atoms with van der Waals surface area (Å²) in [5.41, 5.74) is 1.38. The summed E-state index contributed by atoms with van der Waals surface area (Å²) in [5, 5.41) is 4.44. The maximum atomic E-state index is 13.4. The van der Waals surface area contributed by atoms with Gasteiger partial charge in [-0.1, -0.05) is 20.3 Å². The maximum absolute atomic E-state index is 13.4. The van der Waals surface area contributed by atoms with E-state index in [4.69, 9.17) is 14.5 Å². The molecule has 1 N–H and O–H groups in total. The highest BCUT2D eigenvalue weighted by Gasteiger charge is 2.29. The van der Waals surface area contributed by atoms with Crippen LogP contribution in [-0.4, -0.2) is 95.9 Å². The molecule has 1 aliphatic heterocycles. The average Bonchev–Trinajstić information content (AvgIpc) is 3.25. The van der Waals surface area contributed by atoms with E-state index in [-0.39, 0.29) is 22.1 Å². The molecule has 0 aromatic carbocycles. The number of unbranched alkanes of at least 4 members (excludes halogenated alkanes) is 1. The summed E-state index contributed by atoms with van der Waals surface area (Å²) in [6, 6.07) is 1.49. The van der Waals surface area contributed by atoms with Crippen LogP contribution in [0.3, 0.4) is 0 Å². The maximum Gasteiger partial charge on any atom is 0.279 e. The van der Waals surface area contributed by atoms with Gasteiger partial charge in [0.2, 0.25) is 15.9 Å². The molecule has 3 aromatic heterocycles. The summed E-state index contributed by atoms with van der Waals surface area (Å²) in [4.78, 5) is 27.0. The van der Waals surface area contributed by atoms with E-state index < -0.39 is 15.6 Å². The van der Waals surface area contributed by atoms with Crippen molar-refractivity contribution in [1.29, 1.82) is 0 Å². The average molecular weight is 534 g/mol. The molecular formula is C24H35N7O5S. The topological polar surface area (TPSA) is 136 Å². The highest BCUT2D eigenvalue weighted by atomic mass is 32.2. The van der Waals surface area contributed by atoms with Gasteiger partial charge in [-0.25, -0.2) is 18.4 Å². The van der Waals surface area contributed by atoms with Crippen LogP contribution in [-0.2, 0) is 27.7 Å².